The van der Waals surface area contributed by atoms with Crippen LogP contribution in [0, 0.1) is 0 Å². The molecule has 0 bridgehead atoms. The topological polar surface area (TPSA) is 80.7 Å². The molecule has 0 spiro atoms. The molecule has 16 heavy (non-hydrogen) atoms. The van der Waals surface area contributed by atoms with E-state index in [4.69, 9.17) is 32.5 Å². The van der Waals surface area contributed by atoms with Crippen molar-refractivity contribution in [3.05, 3.63) is 22.2 Å². The van der Waals surface area contributed by atoms with Crippen LogP contribution in [0.15, 0.2) is 17.0 Å². The molecule has 0 atom stereocenters. The van der Waals surface area contributed by atoms with Crippen molar-refractivity contribution < 1.29 is 22.5 Å². The van der Waals surface area contributed by atoms with Gasteiger partial charge in [0.05, 0.1) is 5.02 Å². The molecule has 0 heterocycles. The molecule has 0 aliphatic heterocycles. The van der Waals surface area contributed by atoms with Crippen LogP contribution in [-0.4, -0.2) is 25.9 Å². The van der Waals surface area contributed by atoms with Crippen molar-refractivity contribution in [2.24, 2.45) is 0 Å². The number of rotatable bonds is 4. The first-order valence-corrected chi connectivity index (χ1v) is 6.00. The van der Waals surface area contributed by atoms with Crippen LogP contribution in [0.5, 0.6) is 5.75 Å². The molecule has 0 unspecified atom stereocenters. The van der Waals surface area contributed by atoms with Crippen LogP contribution in [0.1, 0.15) is 0 Å². The molecular formula is C8H5Cl2O5S. The average Bonchev–Trinajstić information content (AvgIpc) is 2.14. The van der Waals surface area contributed by atoms with Gasteiger partial charge in [-0.2, -0.15) is 8.42 Å². The highest BCUT2D eigenvalue weighted by Gasteiger charge is 2.20. The summed E-state index contributed by atoms with van der Waals surface area (Å²) in [4.78, 5) is 9.39. The average molecular weight is 284 g/mol. The molecule has 0 saturated heterocycles. The van der Waals surface area contributed by atoms with Gasteiger partial charge in [-0.05, 0) is 12.1 Å². The van der Waals surface area contributed by atoms with Crippen LogP contribution in [-0.2, 0) is 14.9 Å². The zero-order valence-electron chi connectivity index (χ0n) is 7.61. The Morgan fingerprint density at radius 3 is 2.50 bits per heavy atom. The van der Waals surface area contributed by atoms with Gasteiger partial charge in [0, 0.05) is 5.02 Å². The minimum Gasteiger partial charge on any atom is -0.482 e. The third-order valence-corrected chi connectivity index (χ3v) is 2.89. The molecule has 0 aliphatic carbocycles. The van der Waals surface area contributed by atoms with Gasteiger partial charge < -0.3 is 4.74 Å². The van der Waals surface area contributed by atoms with Crippen molar-refractivity contribution in [2.75, 3.05) is 6.61 Å². The van der Waals surface area contributed by atoms with E-state index in [1.807, 2.05) is 0 Å². The number of carbonyl (C=O) groups excluding carboxylic acids is 1. The molecule has 87 valence electrons. The number of benzene rings is 1. The Kier molecular flexibility index (Phi) is 4.15. The first-order valence-electron chi connectivity index (χ1n) is 3.80. The van der Waals surface area contributed by atoms with Crippen LogP contribution in [0.3, 0.4) is 0 Å². The van der Waals surface area contributed by atoms with Crippen molar-refractivity contribution in [1.29, 1.82) is 0 Å². The highest BCUT2D eigenvalue weighted by molar-refractivity contribution is 7.86. The van der Waals surface area contributed by atoms with Crippen LogP contribution >= 0.6 is 23.2 Å². The van der Waals surface area contributed by atoms with Gasteiger partial charge in [0.25, 0.3) is 10.1 Å². The van der Waals surface area contributed by atoms with Crippen molar-refractivity contribution in [1.82, 2.24) is 0 Å². The zero-order valence-corrected chi connectivity index (χ0v) is 9.93. The lowest BCUT2D eigenvalue weighted by atomic mass is 10.3. The fourth-order valence-electron chi connectivity index (χ4n) is 0.970. The summed E-state index contributed by atoms with van der Waals surface area (Å²) in [6, 6.07) is 2.18. The molecule has 5 nitrogen and oxygen atoms in total. The molecule has 0 amide bonds. The Hall–Kier alpha value is -0.820. The molecule has 0 fully saturated rings. The van der Waals surface area contributed by atoms with E-state index >= 15 is 0 Å². The molecule has 1 N–H and O–H groups in total. The maximum absolute atomic E-state index is 11.0. The maximum Gasteiger partial charge on any atom is 0.298 e. The Labute approximate surface area is 102 Å². The third-order valence-electron chi connectivity index (χ3n) is 1.53. The number of ether oxygens (including phenoxy) is 1. The highest BCUT2D eigenvalue weighted by atomic mass is 35.5. The minimum atomic E-state index is -4.53. The quantitative estimate of drug-likeness (QED) is 0.851. The number of hydrogen-bond donors (Lipinski definition) is 1. The fourth-order valence-corrected chi connectivity index (χ4v) is 2.32. The van der Waals surface area contributed by atoms with Crippen LogP contribution in [0.2, 0.25) is 10.0 Å². The second-order valence-electron chi connectivity index (χ2n) is 2.62. The summed E-state index contributed by atoms with van der Waals surface area (Å²) in [6.07, 6.45) is 1.40. The Balaban J connectivity index is 3.38. The smallest absolute Gasteiger partial charge is 0.298 e. The summed E-state index contributed by atoms with van der Waals surface area (Å²) in [7, 11) is -4.53. The fraction of sp³-hybridized carbons (Fsp3) is 0.125. The standard InChI is InChI=1S/C8H5Cl2O5S/c9-5-3-6(10)8(15-2-1-11)7(4-5)16(12,13)14/h3-4H,2H2,(H,12,13,14). The van der Waals surface area contributed by atoms with E-state index in [0.29, 0.717) is 0 Å². The van der Waals surface area contributed by atoms with Gasteiger partial charge in [-0.25, -0.2) is 0 Å². The van der Waals surface area contributed by atoms with Gasteiger partial charge in [-0.15, -0.1) is 0 Å². The molecule has 1 radical (unpaired) electrons. The van der Waals surface area contributed by atoms with Gasteiger partial charge >= 0.3 is 0 Å². The van der Waals surface area contributed by atoms with Crippen LogP contribution < -0.4 is 4.74 Å². The van der Waals surface area contributed by atoms with E-state index < -0.39 is 21.6 Å². The van der Waals surface area contributed by atoms with E-state index in [9.17, 15) is 13.2 Å². The summed E-state index contributed by atoms with van der Waals surface area (Å²) in [6.45, 7) is -0.510. The summed E-state index contributed by atoms with van der Waals surface area (Å²) in [5.41, 5.74) is 0. The lowest BCUT2D eigenvalue weighted by molar-refractivity contribution is 0.353. The molecule has 0 aromatic heterocycles. The van der Waals surface area contributed by atoms with Crippen molar-refractivity contribution in [2.45, 2.75) is 4.90 Å². The lowest BCUT2D eigenvalue weighted by Gasteiger charge is -2.09. The highest BCUT2D eigenvalue weighted by Crippen LogP contribution is 2.35. The zero-order chi connectivity index (χ0) is 12.3. The molecule has 1 rings (SSSR count). The number of halogens is 2. The number of hydrogen-bond acceptors (Lipinski definition) is 4. The second kappa shape index (κ2) is 5.01. The second-order valence-corrected chi connectivity index (χ2v) is 4.86. The maximum atomic E-state index is 11.0. The van der Waals surface area contributed by atoms with E-state index in [-0.39, 0.29) is 15.8 Å². The monoisotopic (exact) mass is 283 g/mol. The third kappa shape index (κ3) is 3.08. The summed E-state index contributed by atoms with van der Waals surface area (Å²) in [5, 5.41) is -0.115. The Morgan fingerprint density at radius 1 is 1.38 bits per heavy atom. The largest absolute Gasteiger partial charge is 0.482 e. The summed E-state index contributed by atoms with van der Waals surface area (Å²) < 4.78 is 35.6. The van der Waals surface area contributed by atoms with Crippen molar-refractivity contribution >= 4 is 39.6 Å². The van der Waals surface area contributed by atoms with Crippen LogP contribution in [0.25, 0.3) is 0 Å². The van der Waals surface area contributed by atoms with E-state index in [1.54, 1.807) is 0 Å². The molecule has 1 aromatic rings. The predicted octanol–water partition coefficient (Wildman–Crippen LogP) is 1.73. The van der Waals surface area contributed by atoms with Crippen molar-refractivity contribution in [3.63, 3.8) is 0 Å². The lowest BCUT2D eigenvalue weighted by Crippen LogP contribution is -2.06. The first-order chi connectivity index (χ1) is 7.36. The van der Waals surface area contributed by atoms with E-state index in [2.05, 4.69) is 0 Å². The summed E-state index contributed by atoms with van der Waals surface area (Å²) >= 11 is 11.2. The first kappa shape index (κ1) is 13.2. The van der Waals surface area contributed by atoms with Gasteiger partial charge in [0.2, 0.25) is 6.29 Å². The van der Waals surface area contributed by atoms with E-state index in [0.717, 1.165) is 6.07 Å². The molecular weight excluding hydrogens is 279 g/mol. The molecule has 0 saturated carbocycles. The molecule has 1 aromatic carbocycles. The van der Waals surface area contributed by atoms with Crippen molar-refractivity contribution in [3.8, 4) is 5.75 Å². The van der Waals surface area contributed by atoms with Crippen LogP contribution in [0.4, 0.5) is 0 Å². The predicted molar refractivity (Wildman–Crippen MR) is 57.5 cm³/mol. The SMILES string of the molecule is O=[C]COc1c(Cl)cc(Cl)cc1S(=O)(=O)O. The van der Waals surface area contributed by atoms with Gasteiger partial charge in [0.15, 0.2) is 12.4 Å². The van der Waals surface area contributed by atoms with Gasteiger partial charge in [-0.1, -0.05) is 23.2 Å². The minimum absolute atomic E-state index is 0.0139. The van der Waals surface area contributed by atoms with E-state index in [1.165, 1.54) is 12.4 Å². The van der Waals surface area contributed by atoms with Gasteiger partial charge in [0.1, 0.15) is 4.90 Å². The molecule has 8 heteroatoms. The Morgan fingerprint density at radius 2 is 2.00 bits per heavy atom. The Bertz CT molecular complexity index is 511. The normalized spacial score (nSPS) is 11.2. The molecule has 0 aliphatic rings. The van der Waals surface area contributed by atoms with Gasteiger partial charge in [-0.3, -0.25) is 9.35 Å². The summed E-state index contributed by atoms with van der Waals surface area (Å²) in [5.74, 6) is -0.336.